The van der Waals surface area contributed by atoms with E-state index in [4.69, 9.17) is 4.74 Å². The van der Waals surface area contributed by atoms with Gasteiger partial charge in [0.2, 0.25) is 5.91 Å². The molecule has 0 aliphatic heterocycles. The van der Waals surface area contributed by atoms with Gasteiger partial charge < -0.3 is 10.1 Å². The van der Waals surface area contributed by atoms with Gasteiger partial charge in [-0.3, -0.25) is 4.79 Å². The lowest BCUT2D eigenvalue weighted by Gasteiger charge is -2.18. The molecule has 0 bridgehead atoms. The average Bonchev–Trinajstić information content (AvgIpc) is 2.56. The first kappa shape index (κ1) is 18.4. The SMILES string of the molecule is Cc1ccc(S[C@@H](C)C(=O)N[C@H](C)COc2ccccc2C)cc1. The lowest BCUT2D eigenvalue weighted by molar-refractivity contribution is -0.121. The topological polar surface area (TPSA) is 38.3 Å². The van der Waals surface area contributed by atoms with E-state index in [2.05, 4.69) is 36.5 Å². The fourth-order valence-corrected chi connectivity index (χ4v) is 3.09. The van der Waals surface area contributed by atoms with Crippen LogP contribution in [0.3, 0.4) is 0 Å². The van der Waals surface area contributed by atoms with Crippen LogP contribution in [0.5, 0.6) is 5.75 Å². The van der Waals surface area contributed by atoms with E-state index in [1.165, 1.54) is 5.56 Å². The number of rotatable bonds is 7. The van der Waals surface area contributed by atoms with E-state index in [1.807, 2.05) is 45.0 Å². The van der Waals surface area contributed by atoms with Crippen molar-refractivity contribution in [3.63, 3.8) is 0 Å². The number of hydrogen-bond acceptors (Lipinski definition) is 3. The highest BCUT2D eigenvalue weighted by atomic mass is 32.2. The second-order valence-corrected chi connectivity index (χ2v) is 7.47. The summed E-state index contributed by atoms with van der Waals surface area (Å²) in [6.07, 6.45) is 0. The number of carbonyl (C=O) groups excluding carboxylic acids is 1. The Morgan fingerprint density at radius 3 is 2.42 bits per heavy atom. The van der Waals surface area contributed by atoms with Crippen molar-refractivity contribution < 1.29 is 9.53 Å². The maximum Gasteiger partial charge on any atom is 0.233 e. The van der Waals surface area contributed by atoms with E-state index >= 15 is 0 Å². The highest BCUT2D eigenvalue weighted by Crippen LogP contribution is 2.23. The number of thioether (sulfide) groups is 1. The molecule has 0 spiro atoms. The zero-order valence-electron chi connectivity index (χ0n) is 14.7. The number of ether oxygens (including phenoxy) is 1. The first-order valence-electron chi connectivity index (χ1n) is 8.18. The molecule has 2 rings (SSSR count). The van der Waals surface area contributed by atoms with Gasteiger partial charge in [-0.05, 0) is 51.5 Å². The van der Waals surface area contributed by atoms with Crippen molar-refractivity contribution in [2.24, 2.45) is 0 Å². The van der Waals surface area contributed by atoms with Crippen molar-refractivity contribution in [1.29, 1.82) is 0 Å². The van der Waals surface area contributed by atoms with Crippen molar-refractivity contribution >= 4 is 17.7 Å². The molecule has 0 unspecified atom stereocenters. The lowest BCUT2D eigenvalue weighted by Crippen LogP contribution is -2.40. The Balaban J connectivity index is 1.80. The number of nitrogens with one attached hydrogen (secondary N) is 1. The van der Waals surface area contributed by atoms with Crippen LogP contribution in [0, 0.1) is 13.8 Å². The molecular formula is C20H25NO2S. The quantitative estimate of drug-likeness (QED) is 0.759. The number of carbonyl (C=O) groups is 1. The van der Waals surface area contributed by atoms with Gasteiger partial charge in [-0.15, -0.1) is 11.8 Å². The molecule has 2 aromatic rings. The molecule has 0 aliphatic carbocycles. The maximum absolute atomic E-state index is 12.3. The van der Waals surface area contributed by atoms with E-state index in [0.717, 1.165) is 16.2 Å². The monoisotopic (exact) mass is 343 g/mol. The molecule has 0 saturated heterocycles. The van der Waals surface area contributed by atoms with Gasteiger partial charge in [-0.25, -0.2) is 0 Å². The molecule has 0 heterocycles. The molecule has 0 saturated carbocycles. The normalized spacial score (nSPS) is 13.2. The molecule has 1 amide bonds. The van der Waals surface area contributed by atoms with Crippen LogP contribution in [0.25, 0.3) is 0 Å². The summed E-state index contributed by atoms with van der Waals surface area (Å²) in [6.45, 7) is 8.41. The van der Waals surface area contributed by atoms with Crippen LogP contribution in [0.1, 0.15) is 25.0 Å². The number of benzene rings is 2. The van der Waals surface area contributed by atoms with E-state index in [0.29, 0.717) is 6.61 Å². The first-order chi connectivity index (χ1) is 11.5. The molecule has 2 aromatic carbocycles. The van der Waals surface area contributed by atoms with Crippen LogP contribution in [-0.2, 0) is 4.79 Å². The molecular weight excluding hydrogens is 318 g/mol. The zero-order chi connectivity index (χ0) is 17.5. The Morgan fingerprint density at radius 2 is 1.75 bits per heavy atom. The largest absolute Gasteiger partial charge is 0.491 e. The van der Waals surface area contributed by atoms with E-state index in [9.17, 15) is 4.79 Å². The average molecular weight is 343 g/mol. The minimum Gasteiger partial charge on any atom is -0.491 e. The molecule has 0 aliphatic rings. The maximum atomic E-state index is 12.3. The van der Waals surface area contributed by atoms with Crippen molar-refractivity contribution in [3.05, 3.63) is 59.7 Å². The molecule has 24 heavy (non-hydrogen) atoms. The molecule has 0 radical (unpaired) electrons. The van der Waals surface area contributed by atoms with Gasteiger partial charge >= 0.3 is 0 Å². The third-order valence-corrected chi connectivity index (χ3v) is 4.79. The molecule has 0 aromatic heterocycles. The Bertz CT molecular complexity index is 670. The van der Waals surface area contributed by atoms with Gasteiger partial charge in [-0.2, -0.15) is 0 Å². The fraction of sp³-hybridized carbons (Fsp3) is 0.350. The molecule has 2 atom stereocenters. The van der Waals surface area contributed by atoms with Gasteiger partial charge in [0.05, 0.1) is 11.3 Å². The number of aryl methyl sites for hydroxylation is 2. The van der Waals surface area contributed by atoms with Crippen LogP contribution in [0.15, 0.2) is 53.4 Å². The number of amides is 1. The molecule has 1 N–H and O–H groups in total. The van der Waals surface area contributed by atoms with Crippen LogP contribution >= 0.6 is 11.8 Å². The number of hydrogen-bond donors (Lipinski definition) is 1. The Hall–Kier alpha value is -1.94. The summed E-state index contributed by atoms with van der Waals surface area (Å²) in [5.74, 6) is 0.891. The third-order valence-electron chi connectivity index (χ3n) is 3.67. The summed E-state index contributed by atoms with van der Waals surface area (Å²) < 4.78 is 5.79. The second kappa shape index (κ2) is 8.78. The minimum atomic E-state index is -0.145. The van der Waals surface area contributed by atoms with Crippen LogP contribution in [0.2, 0.25) is 0 Å². The summed E-state index contributed by atoms with van der Waals surface area (Å²) in [6, 6.07) is 16.1. The summed E-state index contributed by atoms with van der Waals surface area (Å²) in [7, 11) is 0. The third kappa shape index (κ3) is 5.60. The Kier molecular flexibility index (Phi) is 6.73. The molecule has 3 nitrogen and oxygen atoms in total. The van der Waals surface area contributed by atoms with Crippen molar-refractivity contribution in [2.75, 3.05) is 6.61 Å². The van der Waals surface area contributed by atoms with Crippen LogP contribution in [0.4, 0.5) is 0 Å². The van der Waals surface area contributed by atoms with Gasteiger partial charge in [0.25, 0.3) is 0 Å². The summed E-state index contributed by atoms with van der Waals surface area (Å²) in [5.41, 5.74) is 2.32. The zero-order valence-corrected chi connectivity index (χ0v) is 15.5. The van der Waals surface area contributed by atoms with Gasteiger partial charge in [0.1, 0.15) is 12.4 Å². The smallest absolute Gasteiger partial charge is 0.233 e. The standard InChI is InChI=1S/C20H25NO2S/c1-14-9-11-18(12-10-14)24-17(4)20(22)21-16(3)13-23-19-8-6-5-7-15(19)2/h5-12,16-17H,13H2,1-4H3,(H,21,22)/t16-,17+/m1/s1. The van der Waals surface area contributed by atoms with Crippen molar-refractivity contribution in [2.45, 2.75) is 43.9 Å². The van der Waals surface area contributed by atoms with Crippen molar-refractivity contribution in [1.82, 2.24) is 5.32 Å². The van der Waals surface area contributed by atoms with E-state index in [1.54, 1.807) is 11.8 Å². The van der Waals surface area contributed by atoms with E-state index in [-0.39, 0.29) is 17.2 Å². The predicted octanol–water partition coefficient (Wildman–Crippen LogP) is 4.37. The summed E-state index contributed by atoms with van der Waals surface area (Å²) in [5, 5.41) is 2.87. The highest BCUT2D eigenvalue weighted by Gasteiger charge is 2.17. The van der Waals surface area contributed by atoms with Gasteiger partial charge in [0.15, 0.2) is 0 Å². The second-order valence-electron chi connectivity index (χ2n) is 6.06. The summed E-state index contributed by atoms with van der Waals surface area (Å²) in [4.78, 5) is 13.4. The predicted molar refractivity (Wildman–Crippen MR) is 101 cm³/mol. The Labute approximate surface area is 148 Å². The molecule has 0 fully saturated rings. The fourth-order valence-electron chi connectivity index (χ4n) is 2.21. The minimum absolute atomic E-state index is 0.0291. The lowest BCUT2D eigenvalue weighted by atomic mass is 10.2. The summed E-state index contributed by atoms with van der Waals surface area (Å²) >= 11 is 1.57. The van der Waals surface area contributed by atoms with Gasteiger partial charge in [-0.1, -0.05) is 35.9 Å². The van der Waals surface area contributed by atoms with Crippen LogP contribution in [-0.4, -0.2) is 23.8 Å². The molecule has 4 heteroatoms. The van der Waals surface area contributed by atoms with Crippen molar-refractivity contribution in [3.8, 4) is 5.75 Å². The highest BCUT2D eigenvalue weighted by molar-refractivity contribution is 8.00. The Morgan fingerprint density at radius 1 is 1.08 bits per heavy atom. The van der Waals surface area contributed by atoms with Crippen LogP contribution < -0.4 is 10.1 Å². The molecule has 128 valence electrons. The van der Waals surface area contributed by atoms with Gasteiger partial charge in [0, 0.05) is 4.90 Å². The first-order valence-corrected chi connectivity index (χ1v) is 9.06. The number of para-hydroxylation sites is 1. The van der Waals surface area contributed by atoms with E-state index < -0.39 is 0 Å².